The van der Waals surface area contributed by atoms with E-state index in [1.807, 2.05) is 0 Å². The highest BCUT2D eigenvalue weighted by molar-refractivity contribution is 7.89. The second kappa shape index (κ2) is 5.60. The third-order valence-corrected chi connectivity index (χ3v) is 6.17. The predicted octanol–water partition coefficient (Wildman–Crippen LogP) is 0.658. The van der Waals surface area contributed by atoms with Crippen LogP contribution in [-0.4, -0.2) is 48.0 Å². The molecule has 2 fully saturated rings. The van der Waals surface area contributed by atoms with Gasteiger partial charge in [-0.2, -0.15) is 4.31 Å². The van der Waals surface area contributed by atoms with Gasteiger partial charge in [0.15, 0.2) is 0 Å². The molecule has 2 unspecified atom stereocenters. The number of nitrogens with zero attached hydrogens (tertiary/aromatic N) is 2. The second-order valence-corrected chi connectivity index (χ2v) is 7.54. The van der Waals surface area contributed by atoms with Crippen LogP contribution in [0.5, 0.6) is 0 Å². The number of thiocarbonyl (C=S) groups is 1. The van der Waals surface area contributed by atoms with Gasteiger partial charge in [0.25, 0.3) is 0 Å². The van der Waals surface area contributed by atoms with Crippen molar-refractivity contribution >= 4 is 27.2 Å². The van der Waals surface area contributed by atoms with Crippen LogP contribution in [-0.2, 0) is 14.8 Å². The van der Waals surface area contributed by atoms with Gasteiger partial charge < -0.3 is 10.5 Å². The molecule has 2 heterocycles. The molecule has 21 heavy (non-hydrogen) atoms. The van der Waals surface area contributed by atoms with Gasteiger partial charge in [0.05, 0.1) is 18.8 Å². The number of fused-ring (bicyclic) bond motifs is 1. The van der Waals surface area contributed by atoms with E-state index in [9.17, 15) is 8.42 Å². The molecular weight excluding hydrogens is 310 g/mol. The van der Waals surface area contributed by atoms with Crippen LogP contribution < -0.4 is 5.73 Å². The Kier molecular flexibility index (Phi) is 3.96. The SMILES string of the molecule is NC(=S)c1ncccc1S(=O)(=O)N1CCOC2CCCC21. The molecule has 8 heteroatoms. The number of pyridine rings is 1. The summed E-state index contributed by atoms with van der Waals surface area (Å²) in [5, 5.41) is 0. The minimum atomic E-state index is -3.67. The van der Waals surface area contributed by atoms with Crippen molar-refractivity contribution in [3.8, 4) is 0 Å². The molecule has 1 aromatic heterocycles. The van der Waals surface area contributed by atoms with Crippen LogP contribution in [0.1, 0.15) is 25.0 Å². The number of sulfonamides is 1. The maximum atomic E-state index is 13.0. The minimum Gasteiger partial charge on any atom is -0.388 e. The lowest BCUT2D eigenvalue weighted by Crippen LogP contribution is -2.51. The van der Waals surface area contributed by atoms with Gasteiger partial charge in [0, 0.05) is 12.7 Å². The zero-order valence-electron chi connectivity index (χ0n) is 11.4. The van der Waals surface area contributed by atoms with Gasteiger partial charge in [-0.15, -0.1) is 0 Å². The van der Waals surface area contributed by atoms with Gasteiger partial charge in [-0.3, -0.25) is 4.98 Å². The van der Waals surface area contributed by atoms with Crippen LogP contribution in [0.4, 0.5) is 0 Å². The molecule has 2 N–H and O–H groups in total. The number of nitrogens with two attached hydrogens (primary N) is 1. The van der Waals surface area contributed by atoms with Gasteiger partial charge in [0.2, 0.25) is 10.0 Å². The van der Waals surface area contributed by atoms with E-state index in [4.69, 9.17) is 22.7 Å². The maximum absolute atomic E-state index is 13.0. The summed E-state index contributed by atoms with van der Waals surface area (Å²) in [6.45, 7) is 0.776. The van der Waals surface area contributed by atoms with Crippen molar-refractivity contribution < 1.29 is 13.2 Å². The smallest absolute Gasteiger partial charge is 0.245 e. The molecule has 1 saturated carbocycles. The summed E-state index contributed by atoms with van der Waals surface area (Å²) in [6, 6.07) is 3.00. The lowest BCUT2D eigenvalue weighted by Gasteiger charge is -2.36. The highest BCUT2D eigenvalue weighted by Crippen LogP contribution is 2.33. The molecular formula is C13H17N3O3S2. The van der Waals surface area contributed by atoms with E-state index >= 15 is 0 Å². The van der Waals surface area contributed by atoms with E-state index in [1.54, 1.807) is 6.07 Å². The first-order valence-corrected chi connectivity index (χ1v) is 8.75. The fraction of sp³-hybridized carbons (Fsp3) is 0.538. The summed E-state index contributed by atoms with van der Waals surface area (Å²) < 4.78 is 33.1. The van der Waals surface area contributed by atoms with Gasteiger partial charge >= 0.3 is 0 Å². The largest absolute Gasteiger partial charge is 0.388 e. The Morgan fingerprint density at radius 2 is 2.29 bits per heavy atom. The molecule has 1 aliphatic carbocycles. The topological polar surface area (TPSA) is 85.5 Å². The number of ether oxygens (including phenoxy) is 1. The summed E-state index contributed by atoms with van der Waals surface area (Å²) in [6.07, 6.45) is 4.21. The average molecular weight is 327 g/mol. The quantitative estimate of drug-likeness (QED) is 0.821. The number of rotatable bonds is 3. The summed E-state index contributed by atoms with van der Waals surface area (Å²) in [4.78, 5) is 4.10. The molecule has 1 saturated heterocycles. The Bertz CT molecular complexity index is 662. The van der Waals surface area contributed by atoms with Gasteiger partial charge in [-0.05, 0) is 31.4 Å². The van der Waals surface area contributed by atoms with Crippen molar-refractivity contribution in [2.75, 3.05) is 13.2 Å². The molecule has 2 atom stereocenters. The van der Waals surface area contributed by atoms with Crippen LogP contribution in [0.25, 0.3) is 0 Å². The van der Waals surface area contributed by atoms with E-state index in [1.165, 1.54) is 16.6 Å². The van der Waals surface area contributed by atoms with Crippen LogP contribution in [0.15, 0.2) is 23.2 Å². The Morgan fingerprint density at radius 3 is 3.05 bits per heavy atom. The molecule has 6 nitrogen and oxygen atoms in total. The lowest BCUT2D eigenvalue weighted by atomic mass is 10.2. The van der Waals surface area contributed by atoms with Crippen LogP contribution in [0.2, 0.25) is 0 Å². The normalized spacial score (nSPS) is 26.5. The summed E-state index contributed by atoms with van der Waals surface area (Å²) in [5.41, 5.74) is 5.77. The third kappa shape index (κ3) is 2.57. The number of morpholine rings is 1. The monoisotopic (exact) mass is 327 g/mol. The highest BCUT2D eigenvalue weighted by atomic mass is 32.2. The Balaban J connectivity index is 2.02. The molecule has 0 spiro atoms. The second-order valence-electron chi connectivity index (χ2n) is 5.24. The zero-order chi connectivity index (χ0) is 15.0. The summed E-state index contributed by atoms with van der Waals surface area (Å²) in [7, 11) is -3.67. The van der Waals surface area contributed by atoms with Crippen molar-refractivity contribution in [2.24, 2.45) is 5.73 Å². The Labute approximate surface area is 129 Å². The van der Waals surface area contributed by atoms with E-state index in [0.717, 1.165) is 19.3 Å². The molecule has 0 amide bonds. The molecule has 0 aromatic carbocycles. The van der Waals surface area contributed by atoms with Crippen LogP contribution >= 0.6 is 12.2 Å². The molecule has 0 bridgehead atoms. The summed E-state index contributed by atoms with van der Waals surface area (Å²) in [5.74, 6) is 0. The minimum absolute atomic E-state index is 0.00141. The van der Waals surface area contributed by atoms with Crippen molar-refractivity contribution in [1.29, 1.82) is 0 Å². The van der Waals surface area contributed by atoms with Crippen LogP contribution in [0.3, 0.4) is 0 Å². The Morgan fingerprint density at radius 1 is 1.48 bits per heavy atom. The molecule has 2 aliphatic rings. The first-order valence-electron chi connectivity index (χ1n) is 6.90. The summed E-state index contributed by atoms with van der Waals surface area (Å²) >= 11 is 4.92. The standard InChI is InChI=1S/C13H17N3O3S2/c14-13(20)12-11(5-2-6-15-12)21(17,18)16-7-8-19-10-4-1-3-9(10)16/h2,5-6,9-10H,1,3-4,7-8H2,(H2,14,20). The van der Waals surface area contributed by atoms with Crippen molar-refractivity contribution in [1.82, 2.24) is 9.29 Å². The fourth-order valence-corrected chi connectivity index (χ4v) is 5.15. The van der Waals surface area contributed by atoms with E-state index < -0.39 is 10.0 Å². The van der Waals surface area contributed by atoms with Gasteiger partial charge in [0.1, 0.15) is 15.6 Å². The van der Waals surface area contributed by atoms with Gasteiger partial charge in [-0.1, -0.05) is 12.2 Å². The predicted molar refractivity (Wildman–Crippen MR) is 81.4 cm³/mol. The molecule has 0 radical (unpaired) electrons. The zero-order valence-corrected chi connectivity index (χ0v) is 13.1. The number of aromatic nitrogens is 1. The lowest BCUT2D eigenvalue weighted by molar-refractivity contribution is -0.0241. The van der Waals surface area contributed by atoms with Crippen LogP contribution in [0, 0.1) is 0 Å². The van der Waals surface area contributed by atoms with E-state index in [2.05, 4.69) is 4.98 Å². The van der Waals surface area contributed by atoms with Crippen molar-refractivity contribution in [3.63, 3.8) is 0 Å². The number of hydrogen-bond donors (Lipinski definition) is 1. The first kappa shape index (κ1) is 14.8. The van der Waals surface area contributed by atoms with Crippen molar-refractivity contribution in [3.05, 3.63) is 24.0 Å². The van der Waals surface area contributed by atoms with E-state index in [0.29, 0.717) is 13.2 Å². The Hall–Kier alpha value is -1.09. The van der Waals surface area contributed by atoms with E-state index in [-0.39, 0.29) is 27.7 Å². The molecule has 1 aromatic rings. The number of hydrogen-bond acceptors (Lipinski definition) is 5. The fourth-order valence-electron chi connectivity index (χ4n) is 3.10. The molecule has 114 valence electrons. The van der Waals surface area contributed by atoms with Gasteiger partial charge in [-0.25, -0.2) is 8.42 Å². The molecule has 3 rings (SSSR count). The highest BCUT2D eigenvalue weighted by Gasteiger charge is 2.43. The maximum Gasteiger partial charge on any atom is 0.245 e. The average Bonchev–Trinajstić information content (AvgIpc) is 2.95. The first-order chi connectivity index (χ1) is 10.0. The van der Waals surface area contributed by atoms with Crippen molar-refractivity contribution in [2.45, 2.75) is 36.3 Å². The molecule has 1 aliphatic heterocycles. The third-order valence-electron chi connectivity index (χ3n) is 4.02.